The molecule has 0 unspecified atom stereocenters. The summed E-state index contributed by atoms with van der Waals surface area (Å²) in [6.07, 6.45) is 2.84. The van der Waals surface area contributed by atoms with Crippen molar-refractivity contribution in [3.63, 3.8) is 0 Å². The van der Waals surface area contributed by atoms with E-state index in [9.17, 15) is 4.91 Å². The molecule has 2 heterocycles. The van der Waals surface area contributed by atoms with E-state index in [1.807, 2.05) is 0 Å². The van der Waals surface area contributed by atoms with Crippen molar-refractivity contribution in [2.75, 3.05) is 5.73 Å². The molecular weight excluding hydrogens is 216 g/mol. The van der Waals surface area contributed by atoms with Crippen LogP contribution >= 0.6 is 0 Å². The third-order valence-corrected chi connectivity index (χ3v) is 1.11. The molecule has 10 nitrogen and oxygen atoms in total. The Kier molecular flexibility index (Phi) is 6.48. The zero-order valence-electron chi connectivity index (χ0n) is 7.93. The van der Waals surface area contributed by atoms with Gasteiger partial charge in [0.25, 0.3) is 0 Å². The van der Waals surface area contributed by atoms with Crippen molar-refractivity contribution >= 4 is 11.6 Å². The maximum Gasteiger partial charge on any atom is 0.221 e. The van der Waals surface area contributed by atoms with Crippen LogP contribution < -0.4 is 5.73 Å². The fourth-order valence-corrected chi connectivity index (χ4v) is 0.534. The first kappa shape index (κ1) is 13.4. The van der Waals surface area contributed by atoms with Gasteiger partial charge in [0.2, 0.25) is 5.82 Å². The third kappa shape index (κ3) is 5.18. The minimum absolute atomic E-state index is 0. The molecule has 0 aliphatic rings. The van der Waals surface area contributed by atoms with E-state index in [0.717, 1.165) is 0 Å². The van der Waals surface area contributed by atoms with Gasteiger partial charge in [-0.05, 0) is 15.6 Å². The largest absolute Gasteiger partial charge is 0.412 e. The summed E-state index contributed by atoms with van der Waals surface area (Å²) in [7, 11) is 0. The summed E-state index contributed by atoms with van der Waals surface area (Å²) in [6.45, 7) is 0. The van der Waals surface area contributed by atoms with Crippen molar-refractivity contribution in [2.24, 2.45) is 5.18 Å². The number of rotatable bonds is 1. The van der Waals surface area contributed by atoms with Gasteiger partial charge >= 0.3 is 0 Å². The predicted octanol–water partition coefficient (Wildman–Crippen LogP) is -1.10. The highest BCUT2D eigenvalue weighted by atomic mass is 16.3. The van der Waals surface area contributed by atoms with Gasteiger partial charge in [0, 0.05) is 12.1 Å². The Hall–Kier alpha value is -2.62. The molecule has 0 amide bonds. The topological polar surface area (TPSA) is 164 Å². The van der Waals surface area contributed by atoms with E-state index >= 15 is 0 Å². The Bertz CT molecular complexity index is 396. The summed E-state index contributed by atoms with van der Waals surface area (Å²) in [5.41, 5.74) is 5.14. The van der Waals surface area contributed by atoms with Gasteiger partial charge in [-0.2, -0.15) is 0 Å². The number of hydrogen-bond donors (Lipinski definition) is 1. The highest BCUT2D eigenvalue weighted by molar-refractivity contribution is 5.21. The monoisotopic (exact) mass is 224 g/mol. The van der Waals surface area contributed by atoms with Gasteiger partial charge in [0.15, 0.2) is 0 Å². The fraction of sp³-hybridized carbons (Fsp3) is 0. The molecule has 0 aliphatic carbocycles. The molecule has 0 aliphatic heterocycles. The molecule has 0 radical (unpaired) electrons. The Morgan fingerprint density at radius 2 is 1.69 bits per heavy atom. The molecule has 0 saturated carbocycles. The van der Waals surface area contributed by atoms with Crippen LogP contribution in [0.1, 0.15) is 0 Å². The van der Waals surface area contributed by atoms with Crippen LogP contribution in [-0.4, -0.2) is 36.3 Å². The average molecular weight is 224 g/mol. The lowest BCUT2D eigenvalue weighted by Crippen LogP contribution is -1.91. The Morgan fingerprint density at radius 1 is 1.06 bits per heavy atom. The van der Waals surface area contributed by atoms with Gasteiger partial charge in [0.05, 0.1) is 12.4 Å². The number of anilines is 1. The maximum atomic E-state index is 9.63. The molecule has 0 fully saturated rings. The van der Waals surface area contributed by atoms with E-state index in [0.29, 0.717) is 5.82 Å². The van der Waals surface area contributed by atoms with Crippen molar-refractivity contribution in [3.05, 3.63) is 29.4 Å². The predicted molar refractivity (Wildman–Crippen MR) is 53.1 cm³/mol. The number of nitrogens with zero attached hydrogens (tertiary/aromatic N) is 7. The third-order valence-electron chi connectivity index (χ3n) is 1.11. The highest BCUT2D eigenvalue weighted by Crippen LogP contribution is 1.98. The van der Waals surface area contributed by atoms with Crippen LogP contribution in [0.25, 0.3) is 0 Å². The zero-order chi connectivity index (χ0) is 10.9. The fourth-order valence-electron chi connectivity index (χ4n) is 0.534. The zero-order valence-corrected chi connectivity index (χ0v) is 7.93. The van der Waals surface area contributed by atoms with Gasteiger partial charge in [-0.3, -0.25) is 0 Å². The Morgan fingerprint density at radius 3 is 1.94 bits per heavy atom. The van der Waals surface area contributed by atoms with Crippen LogP contribution in [0.2, 0.25) is 0 Å². The second kappa shape index (κ2) is 7.75. The van der Waals surface area contributed by atoms with Crippen LogP contribution in [0.5, 0.6) is 0 Å². The first-order valence-corrected chi connectivity index (χ1v) is 3.70. The lowest BCUT2D eigenvalue weighted by molar-refractivity contribution is 0.824. The van der Waals surface area contributed by atoms with Crippen LogP contribution in [0.15, 0.2) is 29.7 Å². The molecule has 84 valence electrons. The highest BCUT2D eigenvalue weighted by Gasteiger charge is 1.85. The number of nitroso groups, excluding NO2 is 1. The summed E-state index contributed by atoms with van der Waals surface area (Å²) in [4.78, 5) is 9.63. The Balaban J connectivity index is 0.000000267. The normalized spacial score (nSPS) is 8.00. The average Bonchev–Trinajstić information content (AvgIpc) is 2.32. The molecule has 0 bridgehead atoms. The lowest BCUT2D eigenvalue weighted by atomic mass is 10.6. The van der Waals surface area contributed by atoms with E-state index in [4.69, 9.17) is 5.73 Å². The molecule has 2 aromatic heterocycles. The number of nitrogens with two attached hydrogens (primary N) is 1. The first-order valence-electron chi connectivity index (χ1n) is 3.70. The SMILES string of the molecule is Nc1ccnnn1.O.O=Nc1ccnnn1. The van der Waals surface area contributed by atoms with Gasteiger partial charge in [-0.15, -0.1) is 25.3 Å². The standard InChI is InChI=1S/C3H2N4O.C3H4N4.H2O/c8-6-3-1-2-4-7-5-3;4-3-1-2-5-7-6-3;/h1-2H;1-2H,(H2,4,5,6);1H2. The van der Waals surface area contributed by atoms with Crippen LogP contribution in [0.3, 0.4) is 0 Å². The van der Waals surface area contributed by atoms with Gasteiger partial charge in [0.1, 0.15) is 5.82 Å². The van der Waals surface area contributed by atoms with Gasteiger partial charge in [-0.1, -0.05) is 0 Å². The summed E-state index contributed by atoms with van der Waals surface area (Å²) in [5, 5.41) is 22.3. The minimum atomic E-state index is 0. The van der Waals surface area contributed by atoms with E-state index in [1.54, 1.807) is 6.07 Å². The molecule has 10 heteroatoms. The van der Waals surface area contributed by atoms with Crippen LogP contribution in [0, 0.1) is 4.91 Å². The smallest absolute Gasteiger partial charge is 0.221 e. The molecule has 0 atom stereocenters. The van der Waals surface area contributed by atoms with Crippen LogP contribution in [0.4, 0.5) is 11.6 Å². The minimum Gasteiger partial charge on any atom is -0.412 e. The Labute approximate surface area is 89.2 Å². The van der Waals surface area contributed by atoms with E-state index < -0.39 is 0 Å². The molecule has 2 aromatic rings. The van der Waals surface area contributed by atoms with E-state index in [1.165, 1.54) is 18.5 Å². The molecule has 16 heavy (non-hydrogen) atoms. The van der Waals surface area contributed by atoms with Crippen molar-refractivity contribution in [3.8, 4) is 0 Å². The second-order valence-corrected chi connectivity index (χ2v) is 2.12. The summed E-state index contributed by atoms with van der Waals surface area (Å²) in [6, 6.07) is 2.95. The summed E-state index contributed by atoms with van der Waals surface area (Å²) >= 11 is 0. The van der Waals surface area contributed by atoms with E-state index in [-0.39, 0.29) is 11.3 Å². The van der Waals surface area contributed by atoms with Crippen molar-refractivity contribution in [1.29, 1.82) is 0 Å². The van der Waals surface area contributed by atoms with Crippen molar-refractivity contribution in [1.82, 2.24) is 30.8 Å². The quantitative estimate of drug-likeness (QED) is 0.595. The molecule has 0 spiro atoms. The number of aromatic nitrogens is 6. The van der Waals surface area contributed by atoms with E-state index in [2.05, 4.69) is 36.0 Å². The van der Waals surface area contributed by atoms with Gasteiger partial charge in [-0.25, -0.2) is 0 Å². The van der Waals surface area contributed by atoms with Gasteiger partial charge < -0.3 is 11.2 Å². The molecule has 0 aromatic carbocycles. The lowest BCUT2D eigenvalue weighted by Gasteiger charge is -1.80. The maximum absolute atomic E-state index is 9.63. The number of nitrogen functional groups attached to an aromatic ring is 1. The second-order valence-electron chi connectivity index (χ2n) is 2.12. The number of hydrogen-bond acceptors (Lipinski definition) is 9. The molecule has 4 N–H and O–H groups in total. The summed E-state index contributed by atoms with van der Waals surface area (Å²) in [5.74, 6) is 0.454. The molecule has 0 saturated heterocycles. The summed E-state index contributed by atoms with van der Waals surface area (Å²) < 4.78 is 0. The first-order chi connectivity index (χ1) is 7.33. The molecular formula is C6H8N8O2. The van der Waals surface area contributed by atoms with Crippen LogP contribution in [-0.2, 0) is 0 Å². The van der Waals surface area contributed by atoms with Crippen molar-refractivity contribution < 1.29 is 5.48 Å². The molecule has 2 rings (SSSR count). The van der Waals surface area contributed by atoms with Crippen molar-refractivity contribution in [2.45, 2.75) is 0 Å².